The van der Waals surface area contributed by atoms with E-state index < -0.39 is 6.10 Å². The molecule has 1 aromatic carbocycles. The SMILES string of the molecule is C=C(C)[C@H](O)COc1ccc(/C=N/O)cc1. The Kier molecular flexibility index (Phi) is 4.54. The van der Waals surface area contributed by atoms with Gasteiger partial charge in [0, 0.05) is 0 Å². The van der Waals surface area contributed by atoms with Crippen LogP contribution in [0.15, 0.2) is 41.6 Å². The molecule has 0 saturated heterocycles. The molecular formula is C12H15NO3. The Morgan fingerprint density at radius 1 is 1.50 bits per heavy atom. The number of nitrogens with zero attached hydrogens (tertiary/aromatic N) is 1. The molecule has 0 heterocycles. The second-order valence-corrected chi connectivity index (χ2v) is 3.49. The van der Waals surface area contributed by atoms with Crippen molar-refractivity contribution in [1.82, 2.24) is 0 Å². The van der Waals surface area contributed by atoms with Gasteiger partial charge in [0.05, 0.1) is 6.21 Å². The normalized spacial score (nSPS) is 12.6. The summed E-state index contributed by atoms with van der Waals surface area (Å²) >= 11 is 0. The van der Waals surface area contributed by atoms with Crippen molar-refractivity contribution in [2.24, 2.45) is 5.16 Å². The highest BCUT2D eigenvalue weighted by Gasteiger charge is 2.04. The smallest absolute Gasteiger partial charge is 0.119 e. The van der Waals surface area contributed by atoms with Crippen LogP contribution < -0.4 is 4.74 Å². The van der Waals surface area contributed by atoms with Crippen LogP contribution in [0.3, 0.4) is 0 Å². The largest absolute Gasteiger partial charge is 0.491 e. The molecule has 0 spiro atoms. The van der Waals surface area contributed by atoms with Crippen LogP contribution in [-0.2, 0) is 0 Å². The fraction of sp³-hybridized carbons (Fsp3) is 0.250. The summed E-state index contributed by atoms with van der Waals surface area (Å²) in [5.74, 6) is 0.649. The maximum Gasteiger partial charge on any atom is 0.119 e. The van der Waals surface area contributed by atoms with E-state index in [0.29, 0.717) is 11.3 Å². The van der Waals surface area contributed by atoms with Crippen LogP contribution in [0.2, 0.25) is 0 Å². The molecule has 4 heteroatoms. The number of aliphatic hydroxyl groups is 1. The Morgan fingerprint density at radius 3 is 2.62 bits per heavy atom. The molecule has 0 saturated carbocycles. The molecule has 1 aromatic rings. The number of rotatable bonds is 5. The van der Waals surface area contributed by atoms with E-state index >= 15 is 0 Å². The summed E-state index contributed by atoms with van der Waals surface area (Å²) in [5, 5.41) is 20.7. The third kappa shape index (κ3) is 3.74. The lowest BCUT2D eigenvalue weighted by atomic mass is 10.2. The standard InChI is InChI=1S/C12H15NO3/c1-9(2)12(14)8-16-11-5-3-10(4-6-11)7-13-15/h3-7,12,14-15H,1,8H2,2H3/b13-7+/t12-/m1/s1. The summed E-state index contributed by atoms with van der Waals surface area (Å²) < 4.78 is 5.34. The molecule has 0 bridgehead atoms. The highest BCUT2D eigenvalue weighted by molar-refractivity contribution is 5.79. The van der Waals surface area contributed by atoms with E-state index in [1.54, 1.807) is 31.2 Å². The van der Waals surface area contributed by atoms with Gasteiger partial charge in [-0.25, -0.2) is 0 Å². The molecule has 0 aliphatic carbocycles. The molecule has 4 nitrogen and oxygen atoms in total. The van der Waals surface area contributed by atoms with Crippen LogP contribution in [0.4, 0.5) is 0 Å². The number of ether oxygens (including phenoxy) is 1. The van der Waals surface area contributed by atoms with Crippen molar-refractivity contribution >= 4 is 6.21 Å². The fourth-order valence-electron chi connectivity index (χ4n) is 1.03. The van der Waals surface area contributed by atoms with Gasteiger partial charge in [-0.05, 0) is 42.3 Å². The van der Waals surface area contributed by atoms with Crippen molar-refractivity contribution in [2.75, 3.05) is 6.61 Å². The molecule has 0 amide bonds. The first-order valence-corrected chi connectivity index (χ1v) is 4.87. The van der Waals surface area contributed by atoms with Gasteiger partial charge in [0.25, 0.3) is 0 Å². The minimum absolute atomic E-state index is 0.183. The summed E-state index contributed by atoms with van der Waals surface area (Å²) in [7, 11) is 0. The van der Waals surface area contributed by atoms with Gasteiger partial charge in [0.15, 0.2) is 0 Å². The van der Waals surface area contributed by atoms with E-state index in [1.807, 2.05) is 0 Å². The van der Waals surface area contributed by atoms with E-state index in [4.69, 9.17) is 9.94 Å². The van der Waals surface area contributed by atoms with Gasteiger partial charge in [-0.2, -0.15) is 0 Å². The summed E-state index contributed by atoms with van der Waals surface area (Å²) in [6.07, 6.45) is 0.672. The van der Waals surface area contributed by atoms with Gasteiger partial charge in [-0.15, -0.1) is 0 Å². The molecule has 16 heavy (non-hydrogen) atoms. The zero-order valence-electron chi connectivity index (χ0n) is 9.13. The average molecular weight is 221 g/mol. The number of oxime groups is 1. The molecule has 0 aliphatic rings. The Hall–Kier alpha value is -1.81. The number of hydrogen-bond donors (Lipinski definition) is 2. The zero-order chi connectivity index (χ0) is 12.0. The quantitative estimate of drug-likeness (QED) is 0.345. The lowest BCUT2D eigenvalue weighted by Crippen LogP contribution is -2.17. The Morgan fingerprint density at radius 2 is 2.12 bits per heavy atom. The lowest BCUT2D eigenvalue weighted by Gasteiger charge is -2.11. The van der Waals surface area contributed by atoms with Crippen molar-refractivity contribution in [3.63, 3.8) is 0 Å². The summed E-state index contributed by atoms with van der Waals surface area (Å²) in [6.45, 7) is 5.56. The first-order valence-electron chi connectivity index (χ1n) is 4.87. The second-order valence-electron chi connectivity index (χ2n) is 3.49. The molecule has 86 valence electrons. The van der Waals surface area contributed by atoms with Crippen molar-refractivity contribution in [1.29, 1.82) is 0 Å². The van der Waals surface area contributed by atoms with Crippen molar-refractivity contribution in [2.45, 2.75) is 13.0 Å². The number of benzene rings is 1. The van der Waals surface area contributed by atoms with Crippen molar-refractivity contribution < 1.29 is 15.1 Å². The highest BCUT2D eigenvalue weighted by atomic mass is 16.5. The molecule has 0 aromatic heterocycles. The van der Waals surface area contributed by atoms with Gasteiger partial charge < -0.3 is 15.1 Å². The van der Waals surface area contributed by atoms with Crippen LogP contribution >= 0.6 is 0 Å². The molecule has 2 N–H and O–H groups in total. The van der Waals surface area contributed by atoms with Crippen LogP contribution in [0.1, 0.15) is 12.5 Å². The Balaban J connectivity index is 2.52. The van der Waals surface area contributed by atoms with Gasteiger partial charge in [-0.3, -0.25) is 0 Å². The van der Waals surface area contributed by atoms with Gasteiger partial charge in [-0.1, -0.05) is 11.7 Å². The second kappa shape index (κ2) is 5.92. The zero-order valence-corrected chi connectivity index (χ0v) is 9.13. The van der Waals surface area contributed by atoms with Gasteiger partial charge in [0.2, 0.25) is 0 Å². The van der Waals surface area contributed by atoms with Crippen LogP contribution in [0.25, 0.3) is 0 Å². The average Bonchev–Trinajstić information content (AvgIpc) is 2.28. The first kappa shape index (κ1) is 12.3. The van der Waals surface area contributed by atoms with E-state index in [1.165, 1.54) is 6.21 Å². The van der Waals surface area contributed by atoms with E-state index in [2.05, 4.69) is 11.7 Å². The Labute approximate surface area is 94.5 Å². The van der Waals surface area contributed by atoms with Gasteiger partial charge in [0.1, 0.15) is 18.5 Å². The van der Waals surface area contributed by atoms with Crippen LogP contribution in [0.5, 0.6) is 5.75 Å². The van der Waals surface area contributed by atoms with Crippen molar-refractivity contribution in [3.8, 4) is 5.75 Å². The fourth-order valence-corrected chi connectivity index (χ4v) is 1.03. The first-order chi connectivity index (χ1) is 7.63. The minimum atomic E-state index is -0.654. The third-order valence-corrected chi connectivity index (χ3v) is 2.06. The molecule has 0 fully saturated rings. The minimum Gasteiger partial charge on any atom is -0.491 e. The maximum absolute atomic E-state index is 9.45. The van der Waals surface area contributed by atoms with Crippen LogP contribution in [0, 0.1) is 0 Å². The highest BCUT2D eigenvalue weighted by Crippen LogP contribution is 2.12. The Bertz CT molecular complexity index is 370. The van der Waals surface area contributed by atoms with Crippen molar-refractivity contribution in [3.05, 3.63) is 42.0 Å². The monoisotopic (exact) mass is 221 g/mol. The molecule has 1 atom stereocenters. The lowest BCUT2D eigenvalue weighted by molar-refractivity contribution is 0.136. The van der Waals surface area contributed by atoms with E-state index in [9.17, 15) is 5.11 Å². The van der Waals surface area contributed by atoms with E-state index in [0.717, 1.165) is 5.56 Å². The predicted octanol–water partition coefficient (Wildman–Crippen LogP) is 1.81. The van der Waals surface area contributed by atoms with Crippen LogP contribution in [-0.4, -0.2) is 29.2 Å². The number of hydrogen-bond acceptors (Lipinski definition) is 4. The molecule has 0 aliphatic heterocycles. The molecular weight excluding hydrogens is 206 g/mol. The summed E-state index contributed by atoms with van der Waals surface area (Å²) in [4.78, 5) is 0. The summed E-state index contributed by atoms with van der Waals surface area (Å²) in [6, 6.07) is 6.98. The maximum atomic E-state index is 9.45. The molecule has 0 unspecified atom stereocenters. The topological polar surface area (TPSA) is 62.0 Å². The molecule has 1 rings (SSSR count). The summed E-state index contributed by atoms with van der Waals surface area (Å²) in [5.41, 5.74) is 1.44. The third-order valence-electron chi connectivity index (χ3n) is 2.06. The molecule has 0 radical (unpaired) electrons. The predicted molar refractivity (Wildman–Crippen MR) is 62.1 cm³/mol. The van der Waals surface area contributed by atoms with Gasteiger partial charge >= 0.3 is 0 Å². The van der Waals surface area contributed by atoms with E-state index in [-0.39, 0.29) is 6.61 Å². The number of aliphatic hydroxyl groups excluding tert-OH is 1.